The van der Waals surface area contributed by atoms with Gasteiger partial charge < -0.3 is 15.4 Å². The molecule has 1 aliphatic rings. The summed E-state index contributed by atoms with van der Waals surface area (Å²) in [5, 5.41) is 0. The van der Waals surface area contributed by atoms with E-state index in [1.54, 1.807) is 0 Å². The Balaban J connectivity index is 0.00000200. The predicted molar refractivity (Wildman–Crippen MR) is 81.8 cm³/mol. The molecule has 2 N–H and O–H groups in total. The molecule has 1 aliphatic heterocycles. The highest BCUT2D eigenvalue weighted by Gasteiger charge is 2.20. The summed E-state index contributed by atoms with van der Waals surface area (Å²) in [5.74, 6) is 0.156. The van der Waals surface area contributed by atoms with Gasteiger partial charge in [-0.2, -0.15) is 0 Å². The van der Waals surface area contributed by atoms with Crippen LogP contribution in [-0.4, -0.2) is 36.5 Å². The summed E-state index contributed by atoms with van der Waals surface area (Å²) in [6, 6.07) is 10.1. The molecule has 0 saturated carbocycles. The van der Waals surface area contributed by atoms with Crippen LogP contribution >= 0.6 is 12.4 Å². The number of hydrogen-bond donors (Lipinski definition) is 1. The summed E-state index contributed by atoms with van der Waals surface area (Å²) in [7, 11) is 0. The quantitative estimate of drug-likeness (QED) is 0.846. The Hall–Kier alpha value is -1.10. The van der Waals surface area contributed by atoms with Crippen molar-refractivity contribution in [2.75, 3.05) is 19.7 Å². The van der Waals surface area contributed by atoms with Crippen LogP contribution in [0.1, 0.15) is 24.8 Å². The van der Waals surface area contributed by atoms with Gasteiger partial charge in [0.1, 0.15) is 0 Å². The van der Waals surface area contributed by atoms with Gasteiger partial charge >= 0.3 is 0 Å². The number of carbonyl (C=O) groups is 1. The molecule has 0 bridgehead atoms. The second kappa shape index (κ2) is 8.95. The van der Waals surface area contributed by atoms with Gasteiger partial charge in [-0.25, -0.2) is 0 Å². The van der Waals surface area contributed by atoms with E-state index in [1.165, 1.54) is 0 Å². The molecule has 1 atom stereocenters. The van der Waals surface area contributed by atoms with Crippen LogP contribution < -0.4 is 5.73 Å². The number of piperidine rings is 1. The van der Waals surface area contributed by atoms with Gasteiger partial charge in [-0.15, -0.1) is 12.4 Å². The van der Waals surface area contributed by atoms with Crippen LogP contribution in [0.2, 0.25) is 0 Å². The molecule has 1 aromatic rings. The molecule has 5 heteroatoms. The maximum Gasteiger partial charge on any atom is 0.224 e. The van der Waals surface area contributed by atoms with E-state index in [-0.39, 0.29) is 24.4 Å². The monoisotopic (exact) mass is 298 g/mol. The number of ether oxygens (including phenoxy) is 1. The molecule has 0 radical (unpaired) electrons. The number of carbonyl (C=O) groups excluding carboxylic acids is 1. The van der Waals surface area contributed by atoms with Gasteiger partial charge in [0.05, 0.1) is 19.6 Å². The molecule has 1 saturated heterocycles. The van der Waals surface area contributed by atoms with Crippen LogP contribution in [-0.2, 0) is 16.1 Å². The number of hydrogen-bond acceptors (Lipinski definition) is 3. The van der Waals surface area contributed by atoms with E-state index in [1.807, 2.05) is 35.2 Å². The van der Waals surface area contributed by atoms with Crippen molar-refractivity contribution >= 4 is 18.3 Å². The Labute approximate surface area is 126 Å². The highest BCUT2D eigenvalue weighted by Crippen LogP contribution is 2.09. The molecular weight excluding hydrogens is 276 g/mol. The van der Waals surface area contributed by atoms with Gasteiger partial charge in [-0.3, -0.25) is 4.79 Å². The molecule has 1 fully saturated rings. The van der Waals surface area contributed by atoms with E-state index in [4.69, 9.17) is 10.5 Å². The number of rotatable bonds is 5. The van der Waals surface area contributed by atoms with Crippen molar-refractivity contribution in [2.24, 2.45) is 5.73 Å². The smallest absolute Gasteiger partial charge is 0.224 e. The number of nitrogens with zero attached hydrogens (tertiary/aromatic N) is 1. The number of nitrogens with two attached hydrogens (primary N) is 1. The fourth-order valence-electron chi connectivity index (χ4n) is 2.32. The minimum atomic E-state index is 0. The standard InChI is InChI=1S/C15H22N2O2.ClH/c16-14-7-4-9-17(11-14)15(18)8-10-19-12-13-5-2-1-3-6-13;/h1-3,5-6,14H,4,7-12,16H2;1H. The molecule has 4 nitrogen and oxygen atoms in total. The zero-order chi connectivity index (χ0) is 13.5. The van der Waals surface area contributed by atoms with E-state index in [2.05, 4.69) is 0 Å². The normalized spacial score (nSPS) is 18.4. The number of likely N-dealkylation sites (tertiary alicyclic amines) is 1. The lowest BCUT2D eigenvalue weighted by atomic mass is 10.1. The highest BCUT2D eigenvalue weighted by molar-refractivity contribution is 5.85. The minimum Gasteiger partial charge on any atom is -0.376 e. The highest BCUT2D eigenvalue weighted by atomic mass is 35.5. The summed E-state index contributed by atoms with van der Waals surface area (Å²) in [6.45, 7) is 2.57. The second-order valence-corrected chi connectivity index (χ2v) is 5.03. The fraction of sp³-hybridized carbons (Fsp3) is 0.533. The van der Waals surface area contributed by atoms with Crippen molar-refractivity contribution in [3.05, 3.63) is 35.9 Å². The predicted octanol–water partition coefficient (Wildman–Crippen LogP) is 1.96. The molecule has 1 amide bonds. The van der Waals surface area contributed by atoms with Crippen molar-refractivity contribution in [1.82, 2.24) is 4.90 Å². The average molecular weight is 299 g/mol. The molecule has 1 heterocycles. The van der Waals surface area contributed by atoms with Gasteiger partial charge in [-0.05, 0) is 18.4 Å². The Bertz CT molecular complexity index is 400. The molecular formula is C15H23ClN2O2. The summed E-state index contributed by atoms with van der Waals surface area (Å²) >= 11 is 0. The first-order chi connectivity index (χ1) is 9.25. The van der Waals surface area contributed by atoms with Gasteiger partial charge in [0.15, 0.2) is 0 Å². The van der Waals surface area contributed by atoms with Gasteiger partial charge in [0.2, 0.25) is 5.91 Å². The first-order valence-corrected chi connectivity index (χ1v) is 6.91. The van der Waals surface area contributed by atoms with Crippen molar-refractivity contribution in [2.45, 2.75) is 31.9 Å². The zero-order valence-corrected chi connectivity index (χ0v) is 12.5. The third kappa shape index (κ3) is 5.49. The van der Waals surface area contributed by atoms with E-state index >= 15 is 0 Å². The number of benzene rings is 1. The molecule has 1 unspecified atom stereocenters. The van der Waals surface area contributed by atoms with E-state index in [0.29, 0.717) is 26.2 Å². The Morgan fingerprint density at radius 1 is 1.35 bits per heavy atom. The first kappa shape index (κ1) is 17.0. The maximum atomic E-state index is 11.9. The molecule has 1 aromatic carbocycles. The van der Waals surface area contributed by atoms with E-state index in [9.17, 15) is 4.79 Å². The topological polar surface area (TPSA) is 55.6 Å². The van der Waals surface area contributed by atoms with E-state index in [0.717, 1.165) is 24.9 Å². The number of halogens is 1. The summed E-state index contributed by atoms with van der Waals surface area (Å²) in [6.07, 6.45) is 2.48. The Kier molecular flexibility index (Phi) is 7.59. The van der Waals surface area contributed by atoms with Crippen LogP contribution in [0.15, 0.2) is 30.3 Å². The van der Waals surface area contributed by atoms with Crippen LogP contribution in [0.4, 0.5) is 0 Å². The summed E-state index contributed by atoms with van der Waals surface area (Å²) < 4.78 is 5.53. The van der Waals surface area contributed by atoms with Crippen LogP contribution in [0.3, 0.4) is 0 Å². The van der Waals surface area contributed by atoms with Crippen LogP contribution in [0, 0.1) is 0 Å². The molecule has 2 rings (SSSR count). The first-order valence-electron chi connectivity index (χ1n) is 6.91. The van der Waals surface area contributed by atoms with Crippen LogP contribution in [0.5, 0.6) is 0 Å². The molecule has 0 spiro atoms. The van der Waals surface area contributed by atoms with Crippen molar-refractivity contribution in [1.29, 1.82) is 0 Å². The summed E-state index contributed by atoms with van der Waals surface area (Å²) in [5.41, 5.74) is 7.00. The van der Waals surface area contributed by atoms with Crippen LogP contribution in [0.25, 0.3) is 0 Å². The lowest BCUT2D eigenvalue weighted by molar-refractivity contribution is -0.133. The largest absolute Gasteiger partial charge is 0.376 e. The van der Waals surface area contributed by atoms with Crippen molar-refractivity contribution < 1.29 is 9.53 Å². The average Bonchev–Trinajstić information content (AvgIpc) is 2.44. The number of amides is 1. The summed E-state index contributed by atoms with van der Waals surface area (Å²) in [4.78, 5) is 13.8. The molecule has 112 valence electrons. The third-order valence-electron chi connectivity index (χ3n) is 3.38. The lowest BCUT2D eigenvalue weighted by Crippen LogP contribution is -2.45. The Morgan fingerprint density at radius 2 is 2.10 bits per heavy atom. The molecule has 20 heavy (non-hydrogen) atoms. The minimum absolute atomic E-state index is 0. The molecule has 0 aliphatic carbocycles. The zero-order valence-electron chi connectivity index (χ0n) is 11.7. The van der Waals surface area contributed by atoms with Gasteiger partial charge in [-0.1, -0.05) is 30.3 Å². The maximum absolute atomic E-state index is 11.9. The molecule has 0 aromatic heterocycles. The Morgan fingerprint density at radius 3 is 2.80 bits per heavy atom. The lowest BCUT2D eigenvalue weighted by Gasteiger charge is -2.30. The van der Waals surface area contributed by atoms with Gasteiger partial charge in [0, 0.05) is 19.1 Å². The fourth-order valence-corrected chi connectivity index (χ4v) is 2.32. The van der Waals surface area contributed by atoms with E-state index < -0.39 is 0 Å². The third-order valence-corrected chi connectivity index (χ3v) is 3.38. The second-order valence-electron chi connectivity index (χ2n) is 5.03. The van der Waals surface area contributed by atoms with Crippen molar-refractivity contribution in [3.8, 4) is 0 Å². The van der Waals surface area contributed by atoms with Gasteiger partial charge in [0.25, 0.3) is 0 Å². The SMILES string of the molecule is Cl.NC1CCCN(C(=O)CCOCc2ccccc2)C1. The van der Waals surface area contributed by atoms with Crippen molar-refractivity contribution in [3.63, 3.8) is 0 Å².